The van der Waals surface area contributed by atoms with E-state index in [9.17, 15) is 9.59 Å². The van der Waals surface area contributed by atoms with E-state index in [2.05, 4.69) is 27.9 Å². The molecule has 0 spiro atoms. The minimum atomic E-state index is -0.391. The zero-order valence-electron chi connectivity index (χ0n) is 14.1. The molecule has 4 rings (SSSR count). The maximum atomic E-state index is 12.4. The molecule has 130 valence electrons. The Morgan fingerprint density at radius 3 is 2.84 bits per heavy atom. The van der Waals surface area contributed by atoms with E-state index in [0.29, 0.717) is 12.8 Å². The number of amides is 2. The summed E-state index contributed by atoms with van der Waals surface area (Å²) < 4.78 is 2.04. The Balaban J connectivity index is 1.49. The standard InChI is InChI=1S/C19H22N4O2/c24-18-10-9-16(21-18)19(25)22-15-7-4-8-17-14(15)11-20-23(17)12-13-5-2-1-3-6-13/h1-3,5-6,11,15-16H,4,7-10,12H2,(H,21,24)(H,22,25)/t15-,16+/m1/s1. The maximum Gasteiger partial charge on any atom is 0.243 e. The van der Waals surface area contributed by atoms with Crippen molar-refractivity contribution in [3.8, 4) is 0 Å². The Hall–Kier alpha value is -2.63. The van der Waals surface area contributed by atoms with Crippen LogP contribution >= 0.6 is 0 Å². The van der Waals surface area contributed by atoms with Crippen molar-refractivity contribution in [2.75, 3.05) is 0 Å². The summed E-state index contributed by atoms with van der Waals surface area (Å²) in [7, 11) is 0. The first-order valence-electron chi connectivity index (χ1n) is 8.89. The van der Waals surface area contributed by atoms with Crippen LogP contribution in [-0.4, -0.2) is 27.6 Å². The first-order valence-corrected chi connectivity index (χ1v) is 8.89. The largest absolute Gasteiger partial charge is 0.347 e. The smallest absolute Gasteiger partial charge is 0.243 e. The molecule has 0 unspecified atom stereocenters. The monoisotopic (exact) mass is 338 g/mol. The Morgan fingerprint density at radius 1 is 1.24 bits per heavy atom. The minimum Gasteiger partial charge on any atom is -0.347 e. The maximum absolute atomic E-state index is 12.4. The summed E-state index contributed by atoms with van der Waals surface area (Å²) in [6.45, 7) is 0.746. The highest BCUT2D eigenvalue weighted by molar-refractivity contribution is 5.91. The van der Waals surface area contributed by atoms with E-state index in [1.165, 1.54) is 11.3 Å². The van der Waals surface area contributed by atoms with E-state index in [1.807, 2.05) is 29.1 Å². The number of nitrogens with zero attached hydrogens (tertiary/aromatic N) is 2. The number of aromatic nitrogens is 2. The van der Waals surface area contributed by atoms with Crippen molar-refractivity contribution in [2.24, 2.45) is 0 Å². The lowest BCUT2D eigenvalue weighted by Crippen LogP contribution is -2.43. The van der Waals surface area contributed by atoms with Gasteiger partial charge in [-0.3, -0.25) is 14.3 Å². The van der Waals surface area contributed by atoms with Gasteiger partial charge in [0, 0.05) is 17.7 Å². The van der Waals surface area contributed by atoms with Gasteiger partial charge in [-0.25, -0.2) is 0 Å². The summed E-state index contributed by atoms with van der Waals surface area (Å²) in [5.74, 6) is -0.125. The van der Waals surface area contributed by atoms with Crippen LogP contribution in [0.25, 0.3) is 0 Å². The third kappa shape index (κ3) is 3.29. The molecule has 1 aromatic heterocycles. The molecular weight excluding hydrogens is 316 g/mol. The molecule has 6 heteroatoms. The van der Waals surface area contributed by atoms with Crippen LogP contribution in [0.1, 0.15) is 48.5 Å². The molecule has 2 aliphatic rings. The number of hydrogen-bond donors (Lipinski definition) is 2. The van der Waals surface area contributed by atoms with Crippen LogP contribution in [0.5, 0.6) is 0 Å². The molecule has 2 aromatic rings. The Kier molecular flexibility index (Phi) is 4.26. The molecule has 2 N–H and O–H groups in total. The Labute approximate surface area is 146 Å². The van der Waals surface area contributed by atoms with Gasteiger partial charge in [-0.05, 0) is 31.2 Å². The summed E-state index contributed by atoms with van der Waals surface area (Å²) in [5.41, 5.74) is 3.53. The third-order valence-electron chi connectivity index (χ3n) is 5.07. The highest BCUT2D eigenvalue weighted by Gasteiger charge is 2.31. The highest BCUT2D eigenvalue weighted by Crippen LogP contribution is 2.30. The molecule has 25 heavy (non-hydrogen) atoms. The Morgan fingerprint density at radius 2 is 2.08 bits per heavy atom. The fraction of sp³-hybridized carbons (Fsp3) is 0.421. The van der Waals surface area contributed by atoms with Crippen molar-refractivity contribution >= 4 is 11.8 Å². The molecule has 2 heterocycles. The first kappa shape index (κ1) is 15.9. The number of rotatable bonds is 4. The van der Waals surface area contributed by atoms with Crippen molar-refractivity contribution in [3.63, 3.8) is 0 Å². The first-order chi connectivity index (χ1) is 12.2. The van der Waals surface area contributed by atoms with Gasteiger partial charge in [0.2, 0.25) is 11.8 Å². The normalized spacial score (nSPS) is 22.3. The number of hydrogen-bond acceptors (Lipinski definition) is 3. The highest BCUT2D eigenvalue weighted by atomic mass is 16.2. The predicted octanol–water partition coefficient (Wildman–Crippen LogP) is 1.70. The van der Waals surface area contributed by atoms with Crippen molar-refractivity contribution in [2.45, 2.75) is 50.7 Å². The van der Waals surface area contributed by atoms with E-state index in [-0.39, 0.29) is 17.9 Å². The lowest BCUT2D eigenvalue weighted by atomic mass is 9.92. The molecule has 1 aliphatic heterocycles. The molecule has 1 aromatic carbocycles. The Bertz CT molecular complexity index is 784. The summed E-state index contributed by atoms with van der Waals surface area (Å²) in [6, 6.07) is 9.86. The predicted molar refractivity (Wildman–Crippen MR) is 92.8 cm³/mol. The van der Waals surface area contributed by atoms with Crippen LogP contribution in [-0.2, 0) is 22.6 Å². The zero-order chi connectivity index (χ0) is 17.2. The number of benzene rings is 1. The van der Waals surface area contributed by atoms with Crippen LogP contribution in [0.2, 0.25) is 0 Å². The fourth-order valence-corrected chi connectivity index (χ4v) is 3.74. The molecule has 0 saturated carbocycles. The number of carbonyl (C=O) groups is 2. The van der Waals surface area contributed by atoms with Gasteiger partial charge < -0.3 is 10.6 Å². The van der Waals surface area contributed by atoms with Crippen LogP contribution in [0, 0.1) is 0 Å². The van der Waals surface area contributed by atoms with Crippen molar-refractivity contribution in [3.05, 3.63) is 53.3 Å². The van der Waals surface area contributed by atoms with Crippen LogP contribution in [0.4, 0.5) is 0 Å². The minimum absolute atomic E-state index is 0.0155. The molecular formula is C19H22N4O2. The molecule has 1 fully saturated rings. The lowest BCUT2D eigenvalue weighted by Gasteiger charge is -2.25. The second-order valence-electron chi connectivity index (χ2n) is 6.80. The van der Waals surface area contributed by atoms with Crippen molar-refractivity contribution < 1.29 is 9.59 Å². The second-order valence-corrected chi connectivity index (χ2v) is 6.80. The van der Waals surface area contributed by atoms with E-state index in [4.69, 9.17) is 0 Å². The SMILES string of the molecule is O=C1CC[C@@H](C(=O)N[C@@H]2CCCc3c2cnn3Cc2ccccc2)N1. The second kappa shape index (κ2) is 6.70. The topological polar surface area (TPSA) is 76.0 Å². The van der Waals surface area contributed by atoms with Gasteiger partial charge in [0.25, 0.3) is 0 Å². The lowest BCUT2D eigenvalue weighted by molar-refractivity contribution is -0.126. The van der Waals surface area contributed by atoms with Gasteiger partial charge in [-0.2, -0.15) is 5.10 Å². The van der Waals surface area contributed by atoms with Gasteiger partial charge in [0.05, 0.1) is 18.8 Å². The van der Waals surface area contributed by atoms with Gasteiger partial charge in [0.1, 0.15) is 6.04 Å². The van der Waals surface area contributed by atoms with Gasteiger partial charge >= 0.3 is 0 Å². The summed E-state index contributed by atoms with van der Waals surface area (Å²) in [4.78, 5) is 23.7. The quantitative estimate of drug-likeness (QED) is 0.891. The molecule has 2 amide bonds. The van der Waals surface area contributed by atoms with Crippen LogP contribution in [0.15, 0.2) is 36.5 Å². The summed E-state index contributed by atoms with van der Waals surface area (Å²) >= 11 is 0. The van der Waals surface area contributed by atoms with E-state index >= 15 is 0 Å². The van der Waals surface area contributed by atoms with E-state index in [0.717, 1.165) is 31.4 Å². The van der Waals surface area contributed by atoms with Crippen LogP contribution < -0.4 is 10.6 Å². The fourth-order valence-electron chi connectivity index (χ4n) is 3.74. The van der Waals surface area contributed by atoms with Crippen LogP contribution in [0.3, 0.4) is 0 Å². The summed E-state index contributed by atoms with van der Waals surface area (Å²) in [6.07, 6.45) is 5.82. The van der Waals surface area contributed by atoms with Crippen molar-refractivity contribution in [1.82, 2.24) is 20.4 Å². The molecule has 6 nitrogen and oxygen atoms in total. The molecule has 1 aliphatic carbocycles. The summed E-state index contributed by atoms with van der Waals surface area (Å²) in [5, 5.41) is 10.4. The average molecular weight is 338 g/mol. The molecule has 0 radical (unpaired) electrons. The number of fused-ring (bicyclic) bond motifs is 1. The van der Waals surface area contributed by atoms with Gasteiger partial charge in [0.15, 0.2) is 0 Å². The number of nitrogens with one attached hydrogen (secondary N) is 2. The average Bonchev–Trinajstić information content (AvgIpc) is 3.23. The van der Waals surface area contributed by atoms with Gasteiger partial charge in [-0.1, -0.05) is 30.3 Å². The molecule has 2 atom stereocenters. The van der Waals surface area contributed by atoms with Gasteiger partial charge in [-0.15, -0.1) is 0 Å². The third-order valence-corrected chi connectivity index (χ3v) is 5.07. The number of carbonyl (C=O) groups excluding carboxylic acids is 2. The van der Waals surface area contributed by atoms with E-state index < -0.39 is 6.04 Å². The molecule has 0 bridgehead atoms. The zero-order valence-corrected chi connectivity index (χ0v) is 14.1. The van der Waals surface area contributed by atoms with Crippen molar-refractivity contribution in [1.29, 1.82) is 0 Å². The molecule has 1 saturated heterocycles. The van der Waals surface area contributed by atoms with E-state index in [1.54, 1.807) is 0 Å².